The summed E-state index contributed by atoms with van der Waals surface area (Å²) in [6.45, 7) is 4.00. The molecule has 4 aromatic rings. The number of hydrogen-bond acceptors (Lipinski definition) is 5. The van der Waals surface area contributed by atoms with Gasteiger partial charge in [-0.05, 0) is 50.2 Å². The number of carbonyl (C=O) groups excluding carboxylic acids is 1. The lowest BCUT2D eigenvalue weighted by molar-refractivity contribution is 0.0696. The van der Waals surface area contributed by atoms with E-state index in [0.717, 1.165) is 29.6 Å². The van der Waals surface area contributed by atoms with Crippen molar-refractivity contribution < 1.29 is 23.5 Å². The Labute approximate surface area is 201 Å². The van der Waals surface area contributed by atoms with E-state index in [0.29, 0.717) is 5.69 Å². The molecule has 7 nitrogen and oxygen atoms in total. The number of nitrogen functional groups attached to an aromatic ring is 1. The zero-order chi connectivity index (χ0) is 25.8. The van der Waals surface area contributed by atoms with Gasteiger partial charge in [0, 0.05) is 41.5 Å². The molecule has 2 heterocycles. The van der Waals surface area contributed by atoms with Crippen molar-refractivity contribution >= 4 is 23.3 Å². The van der Waals surface area contributed by atoms with Crippen LogP contribution in [0.4, 0.5) is 20.2 Å². The molecule has 9 heteroatoms. The lowest BCUT2D eigenvalue weighted by Crippen LogP contribution is -2.12. The van der Waals surface area contributed by atoms with E-state index in [2.05, 4.69) is 15.3 Å². The Kier molecular flexibility index (Phi) is 9.99. The summed E-state index contributed by atoms with van der Waals surface area (Å²) in [5.74, 6) is -2.95. The number of hydrogen-bond donors (Lipinski definition) is 3. The van der Waals surface area contributed by atoms with Crippen molar-refractivity contribution in [3.05, 3.63) is 119 Å². The standard InChI is InChI=1S/C13H11FN2O.C7H9N.C6H4FNO2/c1-9-2-4-11(5-3-9)16-13(17)10-6-7-15-12(14)8-10;1-6-2-4-7(8)5-3-6;7-5-3-4(6(9)10)1-2-8-5/h2-8H,1H3,(H,16,17);2-5H,8H2,1H3;1-3H,(H,9,10). The highest BCUT2D eigenvalue weighted by Gasteiger charge is 2.07. The average molecular weight is 478 g/mol. The molecule has 0 unspecified atom stereocenters. The lowest BCUT2D eigenvalue weighted by Gasteiger charge is -2.05. The van der Waals surface area contributed by atoms with Gasteiger partial charge in [-0.3, -0.25) is 4.79 Å². The van der Waals surface area contributed by atoms with Crippen LogP contribution in [-0.4, -0.2) is 27.0 Å². The minimum atomic E-state index is -1.15. The number of carboxylic acid groups (broad SMARTS) is 1. The highest BCUT2D eigenvalue weighted by Crippen LogP contribution is 2.11. The molecule has 0 spiro atoms. The second-order valence-electron chi connectivity index (χ2n) is 7.27. The number of carbonyl (C=O) groups is 2. The monoisotopic (exact) mass is 478 g/mol. The van der Waals surface area contributed by atoms with E-state index < -0.39 is 17.9 Å². The Balaban J connectivity index is 0.000000204. The zero-order valence-electron chi connectivity index (χ0n) is 19.1. The van der Waals surface area contributed by atoms with Crippen LogP contribution in [0.5, 0.6) is 0 Å². The maximum absolute atomic E-state index is 12.8. The molecule has 0 radical (unpaired) electrons. The van der Waals surface area contributed by atoms with Crippen molar-refractivity contribution in [3.8, 4) is 0 Å². The van der Waals surface area contributed by atoms with Crippen LogP contribution < -0.4 is 11.1 Å². The smallest absolute Gasteiger partial charge is 0.335 e. The third-order valence-corrected chi connectivity index (χ3v) is 4.35. The maximum Gasteiger partial charge on any atom is 0.335 e. The van der Waals surface area contributed by atoms with Gasteiger partial charge < -0.3 is 16.2 Å². The summed E-state index contributed by atoms with van der Waals surface area (Å²) < 4.78 is 25.0. The van der Waals surface area contributed by atoms with Crippen molar-refractivity contribution in [3.63, 3.8) is 0 Å². The zero-order valence-corrected chi connectivity index (χ0v) is 19.1. The third-order valence-electron chi connectivity index (χ3n) is 4.35. The van der Waals surface area contributed by atoms with E-state index in [-0.39, 0.29) is 17.0 Å². The van der Waals surface area contributed by atoms with Gasteiger partial charge in [-0.15, -0.1) is 0 Å². The van der Waals surface area contributed by atoms with Crippen LogP contribution in [0, 0.1) is 25.7 Å². The number of halogens is 2. The summed E-state index contributed by atoms with van der Waals surface area (Å²) in [7, 11) is 0. The average Bonchev–Trinajstić information content (AvgIpc) is 2.83. The number of amides is 1. The van der Waals surface area contributed by atoms with Crippen LogP contribution in [0.3, 0.4) is 0 Å². The molecule has 0 aliphatic carbocycles. The molecule has 0 aliphatic rings. The Morgan fingerprint density at radius 2 is 1.23 bits per heavy atom. The van der Waals surface area contributed by atoms with Crippen LogP contribution in [0.15, 0.2) is 85.2 Å². The van der Waals surface area contributed by atoms with Gasteiger partial charge in [0.25, 0.3) is 5.91 Å². The molecular formula is C26H24F2N4O3. The van der Waals surface area contributed by atoms with Gasteiger partial charge in [0.2, 0.25) is 11.9 Å². The number of benzene rings is 2. The molecule has 4 rings (SSSR count). The highest BCUT2D eigenvalue weighted by atomic mass is 19.1. The van der Waals surface area contributed by atoms with E-state index >= 15 is 0 Å². The number of anilines is 2. The SMILES string of the molecule is Cc1ccc(N)cc1.Cc1ccc(NC(=O)c2ccnc(F)c2)cc1.O=C(O)c1ccnc(F)c1. The van der Waals surface area contributed by atoms with Crippen molar-refractivity contribution in [1.29, 1.82) is 0 Å². The largest absolute Gasteiger partial charge is 0.478 e. The molecule has 2 aromatic heterocycles. The summed E-state index contributed by atoms with van der Waals surface area (Å²) in [5.41, 5.74) is 9.45. The maximum atomic E-state index is 12.8. The van der Waals surface area contributed by atoms with Crippen LogP contribution in [0.25, 0.3) is 0 Å². The van der Waals surface area contributed by atoms with Gasteiger partial charge in [-0.25, -0.2) is 14.8 Å². The number of rotatable bonds is 3. The van der Waals surface area contributed by atoms with Gasteiger partial charge in [-0.1, -0.05) is 35.4 Å². The molecular weight excluding hydrogens is 454 g/mol. The molecule has 1 amide bonds. The van der Waals surface area contributed by atoms with E-state index in [4.69, 9.17) is 10.8 Å². The minimum Gasteiger partial charge on any atom is -0.478 e. The second kappa shape index (κ2) is 13.1. The number of aromatic carboxylic acids is 1. The fraction of sp³-hybridized carbons (Fsp3) is 0.0769. The topological polar surface area (TPSA) is 118 Å². The van der Waals surface area contributed by atoms with Gasteiger partial charge >= 0.3 is 5.97 Å². The third kappa shape index (κ3) is 9.79. The van der Waals surface area contributed by atoms with Crippen molar-refractivity contribution in [2.45, 2.75) is 13.8 Å². The predicted molar refractivity (Wildman–Crippen MR) is 130 cm³/mol. The van der Waals surface area contributed by atoms with E-state index in [9.17, 15) is 18.4 Å². The summed E-state index contributed by atoms with van der Waals surface area (Å²) in [6.07, 6.45) is 2.37. The first kappa shape index (κ1) is 26.6. The molecule has 0 saturated heterocycles. The van der Waals surface area contributed by atoms with Crippen molar-refractivity contribution in [1.82, 2.24) is 9.97 Å². The number of carboxylic acids is 1. The molecule has 180 valence electrons. The van der Waals surface area contributed by atoms with Crippen LogP contribution >= 0.6 is 0 Å². The predicted octanol–water partition coefficient (Wildman–Crippen LogP) is 5.28. The number of nitrogens with zero attached hydrogens (tertiary/aromatic N) is 2. The van der Waals surface area contributed by atoms with Gasteiger partial charge in [0.15, 0.2) is 0 Å². The van der Waals surface area contributed by atoms with E-state index in [1.165, 1.54) is 23.9 Å². The number of pyridine rings is 2. The number of aryl methyl sites for hydroxylation is 2. The van der Waals surface area contributed by atoms with E-state index in [1.54, 1.807) is 12.1 Å². The quantitative estimate of drug-likeness (QED) is 0.272. The number of aromatic nitrogens is 2. The fourth-order valence-electron chi connectivity index (χ4n) is 2.49. The molecule has 0 saturated carbocycles. The second-order valence-corrected chi connectivity index (χ2v) is 7.27. The molecule has 35 heavy (non-hydrogen) atoms. The van der Waals surface area contributed by atoms with Gasteiger partial charge in [0.1, 0.15) is 0 Å². The minimum absolute atomic E-state index is 0.0903. The molecule has 2 aromatic carbocycles. The summed E-state index contributed by atoms with van der Waals surface area (Å²) in [6, 6.07) is 19.8. The van der Waals surface area contributed by atoms with Crippen LogP contribution in [0.1, 0.15) is 31.8 Å². The Bertz CT molecular complexity index is 1240. The summed E-state index contributed by atoms with van der Waals surface area (Å²) in [5, 5.41) is 11.0. The highest BCUT2D eigenvalue weighted by molar-refractivity contribution is 6.04. The normalized spacial score (nSPS) is 9.60. The molecule has 0 atom stereocenters. The first-order valence-corrected chi connectivity index (χ1v) is 10.3. The summed E-state index contributed by atoms with van der Waals surface area (Å²) in [4.78, 5) is 28.5. The van der Waals surface area contributed by atoms with E-state index in [1.807, 2.05) is 50.2 Å². The first-order valence-electron chi connectivity index (χ1n) is 10.3. The number of nitrogens with two attached hydrogens (primary N) is 1. The Morgan fingerprint density at radius 1 is 0.771 bits per heavy atom. The molecule has 4 N–H and O–H groups in total. The number of nitrogens with one attached hydrogen (secondary N) is 1. The molecule has 0 fully saturated rings. The summed E-state index contributed by atoms with van der Waals surface area (Å²) >= 11 is 0. The Morgan fingerprint density at radius 3 is 1.66 bits per heavy atom. The first-order chi connectivity index (χ1) is 16.6. The molecule has 0 aliphatic heterocycles. The fourth-order valence-corrected chi connectivity index (χ4v) is 2.49. The van der Waals surface area contributed by atoms with Crippen molar-refractivity contribution in [2.24, 2.45) is 0 Å². The van der Waals surface area contributed by atoms with Crippen LogP contribution in [-0.2, 0) is 0 Å². The van der Waals surface area contributed by atoms with Gasteiger partial charge in [0.05, 0.1) is 5.56 Å². The molecule has 0 bridgehead atoms. The lowest BCUT2D eigenvalue weighted by atomic mass is 10.2. The van der Waals surface area contributed by atoms with Crippen LogP contribution in [0.2, 0.25) is 0 Å². The van der Waals surface area contributed by atoms with Gasteiger partial charge in [-0.2, -0.15) is 8.78 Å². The Hall–Kier alpha value is -4.66. The van der Waals surface area contributed by atoms with Crippen molar-refractivity contribution in [2.75, 3.05) is 11.1 Å².